The summed E-state index contributed by atoms with van der Waals surface area (Å²) in [6, 6.07) is 0. The lowest BCUT2D eigenvalue weighted by molar-refractivity contribution is -0.117. The molecule has 128 valence electrons. The summed E-state index contributed by atoms with van der Waals surface area (Å²) >= 11 is 0. The fourth-order valence-corrected chi connectivity index (χ4v) is 5.77. The molecular formula is C20H32O2Si. The van der Waals surface area contributed by atoms with Gasteiger partial charge in [-0.15, -0.1) is 0 Å². The van der Waals surface area contributed by atoms with Gasteiger partial charge < -0.3 is 4.43 Å². The van der Waals surface area contributed by atoms with Crippen LogP contribution in [0.5, 0.6) is 0 Å². The average Bonchev–Trinajstić information content (AvgIpc) is 2.54. The predicted molar refractivity (Wildman–Crippen MR) is 97.9 cm³/mol. The molecular weight excluding hydrogens is 300 g/mol. The average molecular weight is 333 g/mol. The molecule has 0 saturated heterocycles. The second-order valence-electron chi connectivity index (χ2n) is 9.30. The van der Waals surface area contributed by atoms with E-state index in [4.69, 9.17) is 4.43 Å². The summed E-state index contributed by atoms with van der Waals surface area (Å²) in [5, 5.41) is 0.228. The number of ketones is 1. The van der Waals surface area contributed by atoms with E-state index in [9.17, 15) is 4.79 Å². The Morgan fingerprint density at radius 1 is 1.22 bits per heavy atom. The summed E-state index contributed by atoms with van der Waals surface area (Å²) in [6.45, 7) is 11.7. The molecule has 3 heteroatoms. The fourth-order valence-electron chi connectivity index (χ4n) is 4.37. The molecule has 0 aromatic carbocycles. The molecule has 1 saturated carbocycles. The topological polar surface area (TPSA) is 26.3 Å². The van der Waals surface area contributed by atoms with Gasteiger partial charge >= 0.3 is 0 Å². The fraction of sp³-hybridized carbons (Fsp3) is 0.750. The highest BCUT2D eigenvalue weighted by Crippen LogP contribution is 2.56. The lowest BCUT2D eigenvalue weighted by atomic mass is 9.59. The van der Waals surface area contributed by atoms with Crippen molar-refractivity contribution in [2.45, 2.75) is 83.5 Å². The lowest BCUT2D eigenvalue weighted by Crippen LogP contribution is -2.54. The van der Waals surface area contributed by atoms with Crippen LogP contribution in [-0.2, 0) is 9.22 Å². The molecule has 2 bridgehead atoms. The quantitative estimate of drug-likeness (QED) is 0.499. The van der Waals surface area contributed by atoms with Gasteiger partial charge in [0.25, 0.3) is 0 Å². The van der Waals surface area contributed by atoms with E-state index >= 15 is 0 Å². The number of fused-ring (bicyclic) bond motifs is 1. The van der Waals surface area contributed by atoms with Crippen molar-refractivity contribution >= 4 is 14.1 Å². The van der Waals surface area contributed by atoms with Crippen LogP contribution in [0, 0.1) is 11.3 Å². The first-order valence-electron chi connectivity index (χ1n) is 9.22. The zero-order chi connectivity index (χ0) is 16.9. The van der Waals surface area contributed by atoms with Gasteiger partial charge in [-0.1, -0.05) is 38.5 Å². The Bertz CT molecular complexity index is 552. The Morgan fingerprint density at radius 2 is 1.96 bits per heavy atom. The smallest absolute Gasteiger partial charge is 0.192 e. The third kappa shape index (κ3) is 2.91. The van der Waals surface area contributed by atoms with Crippen LogP contribution in [0.3, 0.4) is 0 Å². The van der Waals surface area contributed by atoms with E-state index in [-0.39, 0.29) is 10.5 Å². The van der Waals surface area contributed by atoms with Crippen molar-refractivity contribution in [3.63, 3.8) is 0 Å². The lowest BCUT2D eigenvalue weighted by Gasteiger charge is -2.53. The van der Waals surface area contributed by atoms with E-state index in [1.54, 1.807) is 0 Å². The molecule has 0 amide bonds. The number of allylic oxidation sites excluding steroid dienone is 3. The van der Waals surface area contributed by atoms with Crippen LogP contribution in [0.4, 0.5) is 0 Å². The first-order valence-corrected chi connectivity index (χ1v) is 12.1. The Kier molecular flexibility index (Phi) is 4.25. The van der Waals surface area contributed by atoms with E-state index in [0.29, 0.717) is 24.2 Å². The van der Waals surface area contributed by atoms with Gasteiger partial charge in [0.15, 0.2) is 14.1 Å². The summed E-state index contributed by atoms with van der Waals surface area (Å²) < 4.78 is 7.03. The van der Waals surface area contributed by atoms with Gasteiger partial charge in [0.2, 0.25) is 0 Å². The molecule has 3 aliphatic carbocycles. The maximum atomic E-state index is 12.0. The highest BCUT2D eigenvalue weighted by molar-refractivity contribution is 6.74. The number of hydrogen-bond donors (Lipinski definition) is 0. The molecule has 1 fully saturated rings. The van der Waals surface area contributed by atoms with Crippen LogP contribution < -0.4 is 0 Å². The zero-order valence-corrected chi connectivity index (χ0v) is 16.4. The Hall–Kier alpha value is -0.673. The largest absolute Gasteiger partial charge is 0.413 e. The minimum atomic E-state index is -1.82. The molecule has 0 radical (unpaired) electrons. The molecule has 1 spiro atoms. The van der Waals surface area contributed by atoms with Crippen molar-refractivity contribution in [1.29, 1.82) is 0 Å². The Balaban J connectivity index is 2.00. The summed E-state index contributed by atoms with van der Waals surface area (Å²) in [5.41, 5.74) is 1.49. The van der Waals surface area contributed by atoms with Gasteiger partial charge in [-0.2, -0.15) is 0 Å². The van der Waals surface area contributed by atoms with Crippen LogP contribution in [-0.4, -0.2) is 20.2 Å². The first kappa shape index (κ1) is 17.2. The van der Waals surface area contributed by atoms with E-state index < -0.39 is 8.32 Å². The van der Waals surface area contributed by atoms with Gasteiger partial charge in [0.1, 0.15) is 0 Å². The molecule has 23 heavy (non-hydrogen) atoms. The molecule has 3 rings (SSSR count). The Labute approximate surface area is 142 Å². The molecule has 0 aliphatic heterocycles. The number of carbonyl (C=O) groups excluding carboxylic acids is 1. The van der Waals surface area contributed by atoms with Crippen molar-refractivity contribution in [2.24, 2.45) is 11.3 Å². The van der Waals surface area contributed by atoms with Crippen molar-refractivity contribution < 1.29 is 9.22 Å². The van der Waals surface area contributed by atoms with E-state index in [1.165, 1.54) is 12.0 Å². The molecule has 0 aromatic heterocycles. The predicted octanol–water partition coefficient (Wildman–Crippen LogP) is 5.41. The number of carbonyl (C=O) groups is 1. The number of hydrogen-bond acceptors (Lipinski definition) is 2. The second-order valence-corrected chi connectivity index (χ2v) is 14.1. The van der Waals surface area contributed by atoms with Crippen molar-refractivity contribution in [3.05, 3.63) is 23.8 Å². The molecule has 0 N–H and O–H groups in total. The molecule has 2 nitrogen and oxygen atoms in total. The van der Waals surface area contributed by atoms with Gasteiger partial charge in [-0.25, -0.2) is 0 Å². The van der Waals surface area contributed by atoms with Gasteiger partial charge in [0, 0.05) is 11.8 Å². The van der Waals surface area contributed by atoms with Gasteiger partial charge in [0.05, 0.1) is 6.10 Å². The maximum absolute atomic E-state index is 12.0. The number of rotatable bonds is 2. The summed E-state index contributed by atoms with van der Waals surface area (Å²) in [7, 11) is -1.82. The van der Waals surface area contributed by atoms with Crippen LogP contribution >= 0.6 is 0 Å². The zero-order valence-electron chi connectivity index (χ0n) is 15.4. The van der Waals surface area contributed by atoms with E-state index in [0.717, 1.165) is 25.7 Å². The summed E-state index contributed by atoms with van der Waals surface area (Å²) in [6.07, 6.45) is 13.1. The van der Waals surface area contributed by atoms with Crippen LogP contribution in [0.25, 0.3) is 0 Å². The van der Waals surface area contributed by atoms with Gasteiger partial charge in [-0.05, 0) is 62.2 Å². The molecule has 3 aliphatic rings. The maximum Gasteiger partial charge on any atom is 0.192 e. The molecule has 3 atom stereocenters. The standard InChI is InChI=1S/C20H32O2Si/c1-19(2,3)23(4,5)22-18-15-8-6-7-12-20(18)13-11-17(21)14-16(20)10-9-15/h6-7,14-15,18H,8-13H2,1-5H3/t15-,18-,20-/m0/s1. The third-order valence-corrected chi connectivity index (χ3v) is 11.3. The van der Waals surface area contributed by atoms with Crippen LogP contribution in [0.1, 0.15) is 59.3 Å². The van der Waals surface area contributed by atoms with Crippen LogP contribution in [0.2, 0.25) is 18.1 Å². The Morgan fingerprint density at radius 3 is 2.65 bits per heavy atom. The highest BCUT2D eigenvalue weighted by Gasteiger charge is 2.53. The van der Waals surface area contributed by atoms with Crippen LogP contribution in [0.15, 0.2) is 23.8 Å². The minimum absolute atomic E-state index is 0.0966. The third-order valence-electron chi connectivity index (χ3n) is 6.86. The molecule has 0 unspecified atom stereocenters. The highest BCUT2D eigenvalue weighted by atomic mass is 28.4. The normalized spacial score (nSPS) is 34.7. The van der Waals surface area contributed by atoms with Gasteiger partial charge in [-0.3, -0.25) is 4.79 Å². The van der Waals surface area contributed by atoms with Crippen molar-refractivity contribution in [2.75, 3.05) is 0 Å². The molecule has 0 heterocycles. The summed E-state index contributed by atoms with van der Waals surface area (Å²) in [4.78, 5) is 12.0. The second kappa shape index (κ2) is 5.70. The molecule has 0 aromatic rings. The van der Waals surface area contributed by atoms with E-state index in [1.807, 2.05) is 6.08 Å². The first-order chi connectivity index (χ1) is 10.7. The van der Waals surface area contributed by atoms with Crippen molar-refractivity contribution in [1.82, 2.24) is 0 Å². The minimum Gasteiger partial charge on any atom is -0.413 e. The summed E-state index contributed by atoms with van der Waals surface area (Å²) in [5.74, 6) is 0.941. The van der Waals surface area contributed by atoms with Crippen molar-refractivity contribution in [3.8, 4) is 0 Å². The van der Waals surface area contributed by atoms with E-state index in [2.05, 4.69) is 46.0 Å². The monoisotopic (exact) mass is 332 g/mol. The SMILES string of the molecule is CC(C)(C)[Si](C)(C)O[C@H]1[C@H]2CC=CC[C@@]13CCC(=O)C=C3CC2.